The number of nitrogens with one attached hydrogen (secondary N) is 1. The lowest BCUT2D eigenvalue weighted by atomic mass is 10.1. The van der Waals surface area contributed by atoms with Gasteiger partial charge in [-0.3, -0.25) is 5.10 Å². The van der Waals surface area contributed by atoms with Gasteiger partial charge in [-0.1, -0.05) is 6.07 Å². The predicted octanol–water partition coefficient (Wildman–Crippen LogP) is 1.67. The first-order valence-corrected chi connectivity index (χ1v) is 6.02. The number of carbonyl (C=O) groups excluding carboxylic acids is 1. The lowest BCUT2D eigenvalue weighted by molar-refractivity contribution is 0.0512. The third-order valence-corrected chi connectivity index (χ3v) is 2.61. The van der Waals surface area contributed by atoms with Gasteiger partial charge < -0.3 is 14.2 Å². The summed E-state index contributed by atoms with van der Waals surface area (Å²) in [5.41, 5.74) is 0.573. The Morgan fingerprint density at radius 1 is 1.25 bits per heavy atom. The molecule has 1 aromatic carbocycles. The van der Waals surface area contributed by atoms with Crippen molar-refractivity contribution in [2.75, 3.05) is 20.8 Å². The van der Waals surface area contributed by atoms with Crippen molar-refractivity contribution in [1.29, 1.82) is 0 Å². The summed E-state index contributed by atoms with van der Waals surface area (Å²) in [7, 11) is 3.08. The second-order valence-electron chi connectivity index (χ2n) is 3.77. The summed E-state index contributed by atoms with van der Waals surface area (Å²) in [5.74, 6) is 0.898. The quantitative estimate of drug-likeness (QED) is 0.836. The fourth-order valence-corrected chi connectivity index (χ4v) is 1.74. The van der Waals surface area contributed by atoms with E-state index in [0.717, 1.165) is 0 Å². The fraction of sp³-hybridized carbons (Fsp3) is 0.308. The Morgan fingerprint density at radius 2 is 1.90 bits per heavy atom. The van der Waals surface area contributed by atoms with Crippen LogP contribution >= 0.6 is 0 Å². The summed E-state index contributed by atoms with van der Waals surface area (Å²) in [6.07, 6.45) is 0. The Bertz CT molecular complexity index is 587. The maximum atomic E-state index is 11.6. The summed E-state index contributed by atoms with van der Waals surface area (Å²) in [6.45, 7) is 1.99. The van der Waals surface area contributed by atoms with E-state index in [2.05, 4.69) is 15.2 Å². The predicted molar refractivity (Wildman–Crippen MR) is 70.9 cm³/mol. The van der Waals surface area contributed by atoms with Crippen molar-refractivity contribution >= 4 is 5.97 Å². The molecule has 0 saturated heterocycles. The van der Waals surface area contributed by atoms with E-state index in [-0.39, 0.29) is 12.4 Å². The van der Waals surface area contributed by atoms with Crippen LogP contribution in [0, 0.1) is 0 Å². The maximum absolute atomic E-state index is 11.6. The molecule has 0 aliphatic heterocycles. The molecule has 106 valence electrons. The lowest BCUT2D eigenvalue weighted by Gasteiger charge is -2.09. The van der Waals surface area contributed by atoms with Crippen molar-refractivity contribution in [3.8, 4) is 22.9 Å². The summed E-state index contributed by atoms with van der Waals surface area (Å²) in [5, 5.41) is 6.55. The van der Waals surface area contributed by atoms with Crippen molar-refractivity contribution in [3.63, 3.8) is 0 Å². The Labute approximate surface area is 115 Å². The van der Waals surface area contributed by atoms with Gasteiger partial charge in [0, 0.05) is 0 Å². The highest BCUT2D eigenvalue weighted by Gasteiger charge is 2.19. The molecule has 2 rings (SSSR count). The Balaban J connectivity index is 2.44. The maximum Gasteiger partial charge on any atom is 0.375 e. The van der Waals surface area contributed by atoms with Crippen molar-refractivity contribution in [2.45, 2.75) is 6.92 Å². The molecule has 20 heavy (non-hydrogen) atoms. The van der Waals surface area contributed by atoms with E-state index in [9.17, 15) is 4.79 Å². The molecule has 1 aromatic heterocycles. The van der Waals surface area contributed by atoms with Crippen LogP contribution in [0.3, 0.4) is 0 Å². The highest BCUT2D eigenvalue weighted by molar-refractivity contribution is 5.86. The Morgan fingerprint density at radius 3 is 2.45 bits per heavy atom. The smallest absolute Gasteiger partial charge is 0.375 e. The van der Waals surface area contributed by atoms with E-state index in [0.29, 0.717) is 22.9 Å². The monoisotopic (exact) mass is 277 g/mol. The number of aromatic amines is 1. The van der Waals surface area contributed by atoms with Crippen LogP contribution in [0.15, 0.2) is 18.2 Å². The number of hydrogen-bond donors (Lipinski definition) is 1. The van der Waals surface area contributed by atoms with E-state index in [4.69, 9.17) is 14.2 Å². The van der Waals surface area contributed by atoms with Crippen molar-refractivity contribution < 1.29 is 19.0 Å². The van der Waals surface area contributed by atoms with E-state index >= 15 is 0 Å². The number of hydrogen-bond acceptors (Lipinski definition) is 6. The van der Waals surface area contributed by atoms with Gasteiger partial charge in [0.05, 0.1) is 20.8 Å². The Kier molecular flexibility index (Phi) is 4.19. The van der Waals surface area contributed by atoms with Crippen LogP contribution in [0.2, 0.25) is 0 Å². The van der Waals surface area contributed by atoms with Gasteiger partial charge in [-0.15, -0.1) is 0 Å². The highest BCUT2D eigenvalue weighted by Crippen LogP contribution is 2.36. The first kappa shape index (κ1) is 13.9. The molecule has 0 radical (unpaired) electrons. The molecule has 7 heteroatoms. The molecule has 0 bridgehead atoms. The number of esters is 1. The molecule has 0 amide bonds. The molecule has 0 saturated carbocycles. The molecule has 2 aromatic rings. The van der Waals surface area contributed by atoms with E-state index in [1.807, 2.05) is 0 Å². The van der Waals surface area contributed by atoms with Gasteiger partial charge in [0.15, 0.2) is 5.82 Å². The lowest BCUT2D eigenvalue weighted by Crippen LogP contribution is -2.06. The van der Waals surface area contributed by atoms with Gasteiger partial charge in [0.2, 0.25) is 5.82 Å². The first-order chi connectivity index (χ1) is 9.71. The molecule has 0 fully saturated rings. The van der Waals surface area contributed by atoms with Gasteiger partial charge in [0.25, 0.3) is 0 Å². The average molecular weight is 277 g/mol. The third kappa shape index (κ3) is 2.56. The third-order valence-electron chi connectivity index (χ3n) is 2.61. The highest BCUT2D eigenvalue weighted by atomic mass is 16.5. The zero-order valence-corrected chi connectivity index (χ0v) is 11.5. The normalized spacial score (nSPS) is 10.2. The number of aromatic nitrogens is 3. The van der Waals surface area contributed by atoms with Crippen molar-refractivity contribution in [2.24, 2.45) is 0 Å². The van der Waals surface area contributed by atoms with Crippen LogP contribution < -0.4 is 9.47 Å². The van der Waals surface area contributed by atoms with Crippen molar-refractivity contribution in [1.82, 2.24) is 15.2 Å². The first-order valence-electron chi connectivity index (χ1n) is 6.02. The van der Waals surface area contributed by atoms with Crippen LogP contribution in [0.4, 0.5) is 0 Å². The molecule has 1 heterocycles. The topological polar surface area (TPSA) is 86.3 Å². The van der Waals surface area contributed by atoms with E-state index < -0.39 is 5.97 Å². The van der Waals surface area contributed by atoms with Gasteiger partial charge in [-0.25, -0.2) is 9.78 Å². The fourth-order valence-electron chi connectivity index (χ4n) is 1.74. The minimum absolute atomic E-state index is 0.0369. The molecule has 0 spiro atoms. The molecular weight excluding hydrogens is 262 g/mol. The van der Waals surface area contributed by atoms with E-state index in [1.54, 1.807) is 25.1 Å². The number of carbonyl (C=O) groups is 1. The number of methoxy groups -OCH3 is 2. The van der Waals surface area contributed by atoms with Crippen molar-refractivity contribution in [3.05, 3.63) is 24.0 Å². The largest absolute Gasteiger partial charge is 0.496 e. The van der Waals surface area contributed by atoms with Crippen LogP contribution in [-0.4, -0.2) is 42.0 Å². The zero-order chi connectivity index (χ0) is 14.5. The number of H-pyrrole nitrogens is 1. The van der Waals surface area contributed by atoms with Crippen LogP contribution in [-0.2, 0) is 4.74 Å². The number of benzene rings is 1. The molecule has 0 atom stereocenters. The number of ether oxygens (including phenoxy) is 3. The molecule has 1 N–H and O–H groups in total. The van der Waals surface area contributed by atoms with Gasteiger partial charge in [-0.2, -0.15) is 5.10 Å². The molecule has 7 nitrogen and oxygen atoms in total. The number of nitrogens with zero attached hydrogens (tertiary/aromatic N) is 2. The molecule has 0 unspecified atom stereocenters. The molecule has 0 aliphatic rings. The SMILES string of the molecule is CCOC(=O)c1nc(-c2c(OC)cccc2OC)n[nH]1. The summed E-state index contributed by atoms with van der Waals surface area (Å²) < 4.78 is 15.4. The minimum atomic E-state index is -0.555. The Hall–Kier alpha value is -2.57. The minimum Gasteiger partial charge on any atom is -0.496 e. The van der Waals surface area contributed by atoms with Gasteiger partial charge in [-0.05, 0) is 19.1 Å². The second-order valence-corrected chi connectivity index (χ2v) is 3.77. The van der Waals surface area contributed by atoms with Crippen LogP contribution in [0.5, 0.6) is 11.5 Å². The average Bonchev–Trinajstić information content (AvgIpc) is 2.96. The van der Waals surface area contributed by atoms with Gasteiger partial charge in [0.1, 0.15) is 17.1 Å². The summed E-state index contributed by atoms with van der Waals surface area (Å²) in [6, 6.07) is 5.32. The summed E-state index contributed by atoms with van der Waals surface area (Å²) >= 11 is 0. The van der Waals surface area contributed by atoms with Crippen LogP contribution in [0.25, 0.3) is 11.4 Å². The van der Waals surface area contributed by atoms with Crippen LogP contribution in [0.1, 0.15) is 17.5 Å². The second kappa shape index (κ2) is 6.05. The van der Waals surface area contributed by atoms with E-state index in [1.165, 1.54) is 14.2 Å². The standard InChI is InChI=1S/C13H15N3O4/c1-4-20-13(17)12-14-11(15-16-12)10-8(18-2)6-5-7-9(10)19-3/h5-7H,4H2,1-3H3,(H,14,15,16). The van der Waals surface area contributed by atoms with Gasteiger partial charge >= 0.3 is 5.97 Å². The number of rotatable bonds is 5. The summed E-state index contributed by atoms with van der Waals surface area (Å²) in [4.78, 5) is 15.7. The molecular formula is C13H15N3O4. The molecule has 0 aliphatic carbocycles. The zero-order valence-electron chi connectivity index (χ0n) is 11.5.